The molecule has 1 heterocycles. The number of hydrogen-bond acceptors (Lipinski definition) is 4. The fraction of sp³-hybridized carbons (Fsp3) is 0.0769. The summed E-state index contributed by atoms with van der Waals surface area (Å²) in [5, 5.41) is 0. The molecule has 1 aromatic heterocycles. The Balaban J connectivity index is 2.10. The Morgan fingerprint density at radius 1 is 1.06 bits per heavy atom. The van der Waals surface area contributed by atoms with E-state index >= 15 is 0 Å². The van der Waals surface area contributed by atoms with Gasteiger partial charge in [-0.2, -0.15) is 0 Å². The molecule has 4 nitrogen and oxygen atoms in total. The Labute approximate surface area is 97.8 Å². The fourth-order valence-electron chi connectivity index (χ4n) is 1.37. The van der Waals surface area contributed by atoms with Gasteiger partial charge in [0.05, 0.1) is 11.8 Å². The van der Waals surface area contributed by atoms with Gasteiger partial charge in [-0.3, -0.25) is 0 Å². The first kappa shape index (κ1) is 11.1. The number of esters is 2. The highest BCUT2D eigenvalue weighted by molar-refractivity contribution is 6.02. The molecule has 17 heavy (non-hydrogen) atoms. The molecule has 86 valence electrons. The zero-order chi connectivity index (χ0) is 12.3. The van der Waals surface area contributed by atoms with Gasteiger partial charge in [0.15, 0.2) is 0 Å². The number of benzene rings is 1. The van der Waals surface area contributed by atoms with Crippen molar-refractivity contribution in [1.29, 1.82) is 0 Å². The lowest BCUT2D eigenvalue weighted by Crippen LogP contribution is -2.12. The SMILES string of the molecule is Cc1occc1C(=O)OC(=O)c1ccccc1. The third-order valence-corrected chi connectivity index (χ3v) is 2.27. The van der Waals surface area contributed by atoms with Crippen molar-refractivity contribution >= 4 is 11.9 Å². The van der Waals surface area contributed by atoms with Crippen LogP contribution in [-0.2, 0) is 4.74 Å². The summed E-state index contributed by atoms with van der Waals surface area (Å²) in [6.07, 6.45) is 1.37. The molecule has 0 aliphatic heterocycles. The fourth-order valence-corrected chi connectivity index (χ4v) is 1.37. The maximum atomic E-state index is 11.6. The van der Waals surface area contributed by atoms with Crippen molar-refractivity contribution in [2.75, 3.05) is 0 Å². The molecule has 2 rings (SSSR count). The van der Waals surface area contributed by atoms with Gasteiger partial charge in [-0.25, -0.2) is 9.59 Å². The molecule has 0 N–H and O–H groups in total. The van der Waals surface area contributed by atoms with E-state index in [9.17, 15) is 9.59 Å². The Hall–Kier alpha value is -2.36. The van der Waals surface area contributed by atoms with Gasteiger partial charge in [0.1, 0.15) is 11.3 Å². The van der Waals surface area contributed by atoms with Crippen LogP contribution in [0.15, 0.2) is 47.1 Å². The average molecular weight is 230 g/mol. The molecule has 2 aromatic rings. The van der Waals surface area contributed by atoms with E-state index in [0.29, 0.717) is 11.3 Å². The van der Waals surface area contributed by atoms with Gasteiger partial charge in [-0.15, -0.1) is 0 Å². The number of ether oxygens (including phenoxy) is 1. The summed E-state index contributed by atoms with van der Waals surface area (Å²) in [5.74, 6) is -0.947. The van der Waals surface area contributed by atoms with Crippen LogP contribution < -0.4 is 0 Å². The molecule has 0 radical (unpaired) electrons. The van der Waals surface area contributed by atoms with Crippen molar-refractivity contribution in [1.82, 2.24) is 0 Å². The zero-order valence-corrected chi connectivity index (χ0v) is 9.17. The molecule has 0 fully saturated rings. The van der Waals surface area contributed by atoms with Gasteiger partial charge in [-0.1, -0.05) is 18.2 Å². The highest BCUT2D eigenvalue weighted by Crippen LogP contribution is 2.11. The van der Waals surface area contributed by atoms with Crippen molar-refractivity contribution in [2.24, 2.45) is 0 Å². The lowest BCUT2D eigenvalue weighted by Gasteiger charge is -2.01. The minimum absolute atomic E-state index is 0.259. The van der Waals surface area contributed by atoms with Crippen molar-refractivity contribution < 1.29 is 18.7 Å². The summed E-state index contributed by atoms with van der Waals surface area (Å²) in [6.45, 7) is 1.63. The molecule has 0 atom stereocenters. The molecule has 4 heteroatoms. The van der Waals surface area contributed by atoms with Crippen LogP contribution in [-0.4, -0.2) is 11.9 Å². The van der Waals surface area contributed by atoms with E-state index in [1.165, 1.54) is 12.3 Å². The summed E-state index contributed by atoms with van der Waals surface area (Å²) in [5.41, 5.74) is 0.594. The second kappa shape index (κ2) is 4.65. The Morgan fingerprint density at radius 3 is 2.35 bits per heavy atom. The molecule has 1 aromatic carbocycles. The second-order valence-corrected chi connectivity index (χ2v) is 3.43. The Kier molecular flexibility index (Phi) is 3.05. The van der Waals surface area contributed by atoms with Crippen molar-refractivity contribution in [3.63, 3.8) is 0 Å². The van der Waals surface area contributed by atoms with E-state index in [1.54, 1.807) is 37.3 Å². The quantitative estimate of drug-likeness (QED) is 0.587. The molecule has 0 saturated heterocycles. The molecular weight excluding hydrogens is 220 g/mol. The van der Waals surface area contributed by atoms with Crippen LogP contribution in [0.1, 0.15) is 26.5 Å². The van der Waals surface area contributed by atoms with Crippen molar-refractivity contribution in [3.05, 3.63) is 59.5 Å². The molecule has 0 spiro atoms. The summed E-state index contributed by atoms with van der Waals surface area (Å²) < 4.78 is 9.68. The minimum Gasteiger partial charge on any atom is -0.469 e. The summed E-state index contributed by atoms with van der Waals surface area (Å²) in [7, 11) is 0. The lowest BCUT2D eigenvalue weighted by molar-refractivity contribution is 0.0397. The monoisotopic (exact) mass is 230 g/mol. The van der Waals surface area contributed by atoms with Crippen LogP contribution in [0, 0.1) is 6.92 Å². The molecule has 0 amide bonds. The molecule has 0 unspecified atom stereocenters. The minimum atomic E-state index is -0.704. The number of rotatable bonds is 2. The smallest absolute Gasteiger partial charge is 0.349 e. The topological polar surface area (TPSA) is 56.5 Å². The van der Waals surface area contributed by atoms with Crippen LogP contribution >= 0.6 is 0 Å². The normalized spacial score (nSPS) is 9.94. The third kappa shape index (κ3) is 2.42. The number of furan rings is 1. The standard InChI is InChI=1S/C13H10O4/c1-9-11(7-8-16-9)13(15)17-12(14)10-5-3-2-4-6-10/h2-8H,1H3. The summed E-state index contributed by atoms with van der Waals surface area (Å²) >= 11 is 0. The van der Waals surface area contributed by atoms with Gasteiger partial charge in [-0.05, 0) is 25.1 Å². The largest absolute Gasteiger partial charge is 0.469 e. The molecular formula is C13H10O4. The predicted octanol–water partition coefficient (Wildman–Crippen LogP) is 2.59. The van der Waals surface area contributed by atoms with E-state index in [2.05, 4.69) is 0 Å². The van der Waals surface area contributed by atoms with Gasteiger partial charge in [0.25, 0.3) is 0 Å². The van der Waals surface area contributed by atoms with Crippen LogP contribution in [0.4, 0.5) is 0 Å². The number of carbonyl (C=O) groups excluding carboxylic acids is 2. The van der Waals surface area contributed by atoms with Gasteiger partial charge in [0, 0.05) is 0 Å². The average Bonchev–Trinajstić information content (AvgIpc) is 2.76. The molecule has 0 aliphatic rings. The maximum Gasteiger partial charge on any atom is 0.349 e. The number of hydrogen-bond donors (Lipinski definition) is 0. The van der Waals surface area contributed by atoms with E-state index < -0.39 is 11.9 Å². The van der Waals surface area contributed by atoms with E-state index in [0.717, 1.165) is 0 Å². The van der Waals surface area contributed by atoms with Crippen LogP contribution in [0.3, 0.4) is 0 Å². The van der Waals surface area contributed by atoms with E-state index in [4.69, 9.17) is 9.15 Å². The Bertz CT molecular complexity index is 540. The van der Waals surface area contributed by atoms with Crippen LogP contribution in [0.2, 0.25) is 0 Å². The summed E-state index contributed by atoms with van der Waals surface area (Å²) in [4.78, 5) is 23.2. The first-order valence-electron chi connectivity index (χ1n) is 5.04. The van der Waals surface area contributed by atoms with Crippen LogP contribution in [0.5, 0.6) is 0 Å². The summed E-state index contributed by atoms with van der Waals surface area (Å²) in [6, 6.07) is 9.80. The van der Waals surface area contributed by atoms with E-state index in [-0.39, 0.29) is 5.56 Å². The highest BCUT2D eigenvalue weighted by atomic mass is 16.6. The second-order valence-electron chi connectivity index (χ2n) is 3.43. The van der Waals surface area contributed by atoms with Gasteiger partial charge >= 0.3 is 11.9 Å². The van der Waals surface area contributed by atoms with Crippen LogP contribution in [0.25, 0.3) is 0 Å². The van der Waals surface area contributed by atoms with Gasteiger partial charge in [0.2, 0.25) is 0 Å². The van der Waals surface area contributed by atoms with Gasteiger partial charge < -0.3 is 9.15 Å². The maximum absolute atomic E-state index is 11.6. The molecule has 0 bridgehead atoms. The Morgan fingerprint density at radius 2 is 1.76 bits per heavy atom. The lowest BCUT2D eigenvalue weighted by atomic mass is 10.2. The number of carbonyl (C=O) groups is 2. The van der Waals surface area contributed by atoms with Crippen molar-refractivity contribution in [2.45, 2.75) is 6.92 Å². The third-order valence-electron chi connectivity index (χ3n) is 2.27. The first-order valence-corrected chi connectivity index (χ1v) is 5.04. The van der Waals surface area contributed by atoms with Crippen molar-refractivity contribution in [3.8, 4) is 0 Å². The highest BCUT2D eigenvalue weighted by Gasteiger charge is 2.17. The van der Waals surface area contributed by atoms with E-state index in [1.807, 2.05) is 0 Å². The first-order chi connectivity index (χ1) is 8.18. The molecule has 0 aliphatic carbocycles. The molecule has 0 saturated carbocycles. The predicted molar refractivity (Wildman–Crippen MR) is 59.6 cm³/mol. The number of aryl methyl sites for hydroxylation is 1. The zero-order valence-electron chi connectivity index (χ0n) is 9.17.